The van der Waals surface area contributed by atoms with Crippen molar-refractivity contribution in [2.24, 2.45) is 5.73 Å². The molecule has 3 N–H and O–H groups in total. The molecule has 0 aliphatic rings. The molecule has 114 valence electrons. The third-order valence-electron chi connectivity index (χ3n) is 2.93. The van der Waals surface area contributed by atoms with Crippen LogP contribution in [-0.4, -0.2) is 23.6 Å². The van der Waals surface area contributed by atoms with Crippen LogP contribution in [0.3, 0.4) is 0 Å². The summed E-state index contributed by atoms with van der Waals surface area (Å²) in [6.45, 7) is 1.67. The van der Waals surface area contributed by atoms with Gasteiger partial charge in [0.2, 0.25) is 5.91 Å². The number of amides is 2. The van der Waals surface area contributed by atoms with Gasteiger partial charge in [-0.05, 0) is 18.6 Å². The molecule has 5 nitrogen and oxygen atoms in total. The Bertz CT molecular complexity index is 561. The van der Waals surface area contributed by atoms with Gasteiger partial charge in [0.1, 0.15) is 23.5 Å². The molecule has 0 aromatic heterocycles. The summed E-state index contributed by atoms with van der Waals surface area (Å²) in [5.41, 5.74) is 4.74. The molecule has 1 rings (SSSR count). The predicted molar refractivity (Wildman–Crippen MR) is 71.3 cm³/mol. The van der Waals surface area contributed by atoms with E-state index in [0.717, 1.165) is 12.1 Å². The highest BCUT2D eigenvalue weighted by Gasteiger charge is 2.21. The summed E-state index contributed by atoms with van der Waals surface area (Å²) in [6.07, 6.45) is 0.429. The van der Waals surface area contributed by atoms with Crippen LogP contribution in [0, 0.1) is 11.6 Å². The minimum absolute atomic E-state index is 0.0383. The molecule has 0 bridgehead atoms. The zero-order valence-corrected chi connectivity index (χ0v) is 11.5. The second kappa shape index (κ2) is 7.47. The Labute approximate surface area is 120 Å². The first-order valence-electron chi connectivity index (χ1n) is 6.42. The number of nitrogens with two attached hydrogens (primary N) is 1. The second-order valence-electron chi connectivity index (χ2n) is 4.48. The van der Waals surface area contributed by atoms with Crippen molar-refractivity contribution in [1.29, 1.82) is 0 Å². The Hall–Kier alpha value is -2.31. The maximum Gasteiger partial charge on any atom is 0.254 e. The van der Waals surface area contributed by atoms with Gasteiger partial charge in [0.25, 0.3) is 5.91 Å². The van der Waals surface area contributed by atoms with Crippen molar-refractivity contribution in [2.45, 2.75) is 32.2 Å². The molecule has 1 atom stereocenters. The molecular weight excluding hydrogens is 282 g/mol. The number of ketones is 1. The number of carbonyl (C=O) groups excluding carboxylic acids is 3. The first-order valence-corrected chi connectivity index (χ1v) is 6.42. The highest BCUT2D eigenvalue weighted by Crippen LogP contribution is 2.10. The van der Waals surface area contributed by atoms with Crippen molar-refractivity contribution in [1.82, 2.24) is 5.32 Å². The van der Waals surface area contributed by atoms with Crippen LogP contribution in [0.15, 0.2) is 18.2 Å². The van der Waals surface area contributed by atoms with Crippen LogP contribution >= 0.6 is 0 Å². The molecule has 7 heteroatoms. The molecule has 0 saturated carbocycles. The molecular formula is C14H16F2N2O3. The van der Waals surface area contributed by atoms with E-state index in [0.29, 0.717) is 12.5 Å². The number of hydrogen-bond acceptors (Lipinski definition) is 3. The molecule has 0 fully saturated rings. The minimum atomic E-state index is -1.09. The van der Waals surface area contributed by atoms with Crippen LogP contribution in [-0.2, 0) is 9.59 Å². The van der Waals surface area contributed by atoms with Crippen molar-refractivity contribution in [3.8, 4) is 0 Å². The van der Waals surface area contributed by atoms with Gasteiger partial charge in [-0.25, -0.2) is 8.78 Å². The van der Waals surface area contributed by atoms with Crippen LogP contribution in [0.4, 0.5) is 8.78 Å². The van der Waals surface area contributed by atoms with Crippen LogP contribution in [0.25, 0.3) is 0 Å². The van der Waals surface area contributed by atoms with E-state index in [2.05, 4.69) is 5.32 Å². The second-order valence-corrected chi connectivity index (χ2v) is 4.48. The van der Waals surface area contributed by atoms with Gasteiger partial charge in [-0.3, -0.25) is 14.4 Å². The van der Waals surface area contributed by atoms with Gasteiger partial charge < -0.3 is 11.1 Å². The van der Waals surface area contributed by atoms with Gasteiger partial charge in [-0.2, -0.15) is 0 Å². The topological polar surface area (TPSA) is 89.3 Å². The van der Waals surface area contributed by atoms with Crippen LogP contribution in [0.1, 0.15) is 36.5 Å². The van der Waals surface area contributed by atoms with E-state index in [-0.39, 0.29) is 18.6 Å². The molecule has 0 aliphatic heterocycles. The van der Waals surface area contributed by atoms with Crippen LogP contribution in [0.5, 0.6) is 0 Å². The summed E-state index contributed by atoms with van der Waals surface area (Å²) in [5, 5.41) is 2.24. The van der Waals surface area contributed by atoms with Crippen LogP contribution in [0.2, 0.25) is 0 Å². The standard InChI is InChI=1S/C14H16F2N2O3/c1-2-9(19)4-6-12(13(17)20)18-14(21)10-5-3-8(15)7-11(10)16/h3,5,7,12H,2,4,6H2,1H3,(H2,17,20)(H,18,21)/t12-/m1/s1. The molecule has 0 aliphatic carbocycles. The summed E-state index contributed by atoms with van der Waals surface area (Å²) in [5.74, 6) is -3.65. The van der Waals surface area contributed by atoms with Gasteiger partial charge in [0.15, 0.2) is 0 Å². The Morgan fingerprint density at radius 2 is 1.95 bits per heavy atom. The monoisotopic (exact) mass is 298 g/mol. The Morgan fingerprint density at radius 3 is 2.48 bits per heavy atom. The van der Waals surface area contributed by atoms with E-state index in [1.54, 1.807) is 6.92 Å². The third-order valence-corrected chi connectivity index (χ3v) is 2.93. The first-order chi connectivity index (χ1) is 9.85. The summed E-state index contributed by atoms with van der Waals surface area (Å²) >= 11 is 0. The highest BCUT2D eigenvalue weighted by molar-refractivity contribution is 5.97. The summed E-state index contributed by atoms with van der Waals surface area (Å²) in [6, 6.07) is 1.37. The Balaban J connectivity index is 2.76. The van der Waals surface area contributed by atoms with Gasteiger partial charge in [0.05, 0.1) is 5.56 Å². The summed E-state index contributed by atoms with van der Waals surface area (Å²) in [7, 11) is 0. The molecule has 0 unspecified atom stereocenters. The number of primary amides is 1. The Morgan fingerprint density at radius 1 is 1.29 bits per heavy atom. The Kier molecular flexibility index (Phi) is 5.95. The highest BCUT2D eigenvalue weighted by atomic mass is 19.1. The fourth-order valence-corrected chi connectivity index (χ4v) is 1.68. The van der Waals surface area contributed by atoms with Gasteiger partial charge in [-0.15, -0.1) is 0 Å². The number of rotatable bonds is 7. The number of halogens is 2. The average molecular weight is 298 g/mol. The largest absolute Gasteiger partial charge is 0.368 e. The number of Topliss-reactive ketones (excluding diaryl/α,β-unsaturated/α-hetero) is 1. The van der Waals surface area contributed by atoms with Gasteiger partial charge >= 0.3 is 0 Å². The van der Waals surface area contributed by atoms with Crippen LogP contribution < -0.4 is 11.1 Å². The third kappa shape index (κ3) is 4.94. The average Bonchev–Trinajstić information content (AvgIpc) is 2.42. The SMILES string of the molecule is CCC(=O)CC[C@@H](NC(=O)c1ccc(F)cc1F)C(N)=O. The lowest BCUT2D eigenvalue weighted by molar-refractivity contribution is -0.121. The van der Waals surface area contributed by atoms with E-state index >= 15 is 0 Å². The van der Waals surface area contributed by atoms with E-state index in [1.165, 1.54) is 0 Å². The van der Waals surface area contributed by atoms with Gasteiger partial charge in [-0.1, -0.05) is 6.92 Å². The summed E-state index contributed by atoms with van der Waals surface area (Å²) < 4.78 is 26.2. The lowest BCUT2D eigenvalue weighted by atomic mass is 10.1. The molecule has 1 aromatic rings. The molecule has 0 radical (unpaired) electrons. The fraction of sp³-hybridized carbons (Fsp3) is 0.357. The molecule has 2 amide bonds. The lowest BCUT2D eigenvalue weighted by Gasteiger charge is -2.15. The quantitative estimate of drug-likeness (QED) is 0.795. The number of hydrogen-bond donors (Lipinski definition) is 2. The van der Waals surface area contributed by atoms with Crippen molar-refractivity contribution < 1.29 is 23.2 Å². The van der Waals surface area contributed by atoms with E-state index < -0.39 is 35.1 Å². The minimum Gasteiger partial charge on any atom is -0.368 e. The van der Waals surface area contributed by atoms with Crippen molar-refractivity contribution in [3.05, 3.63) is 35.4 Å². The number of nitrogens with one attached hydrogen (secondary N) is 1. The van der Waals surface area contributed by atoms with E-state index in [9.17, 15) is 23.2 Å². The molecule has 0 saturated heterocycles. The smallest absolute Gasteiger partial charge is 0.254 e. The van der Waals surface area contributed by atoms with Crippen molar-refractivity contribution in [2.75, 3.05) is 0 Å². The molecule has 0 heterocycles. The van der Waals surface area contributed by atoms with Crippen molar-refractivity contribution in [3.63, 3.8) is 0 Å². The van der Waals surface area contributed by atoms with Gasteiger partial charge in [0, 0.05) is 18.9 Å². The lowest BCUT2D eigenvalue weighted by Crippen LogP contribution is -2.44. The summed E-state index contributed by atoms with van der Waals surface area (Å²) in [4.78, 5) is 34.3. The predicted octanol–water partition coefficient (Wildman–Crippen LogP) is 1.31. The normalized spacial score (nSPS) is 11.8. The zero-order chi connectivity index (χ0) is 16.0. The zero-order valence-electron chi connectivity index (χ0n) is 11.5. The molecule has 1 aromatic carbocycles. The molecule has 0 spiro atoms. The number of carbonyl (C=O) groups is 3. The van der Waals surface area contributed by atoms with E-state index in [4.69, 9.17) is 5.73 Å². The number of benzene rings is 1. The maximum atomic E-state index is 13.4. The molecule has 21 heavy (non-hydrogen) atoms. The first kappa shape index (κ1) is 16.7. The maximum absolute atomic E-state index is 13.4. The fourth-order valence-electron chi connectivity index (χ4n) is 1.68. The van der Waals surface area contributed by atoms with E-state index in [1.807, 2.05) is 0 Å². The van der Waals surface area contributed by atoms with Crippen molar-refractivity contribution >= 4 is 17.6 Å².